The fraction of sp³-hybridized carbons (Fsp3) is 0.750. The van der Waals surface area contributed by atoms with E-state index in [-0.39, 0.29) is 0 Å². The van der Waals surface area contributed by atoms with Crippen LogP contribution < -0.4 is 0 Å². The Morgan fingerprint density at radius 3 is 1.58 bits per heavy atom. The van der Waals surface area contributed by atoms with Gasteiger partial charge >= 0.3 is 0 Å². The van der Waals surface area contributed by atoms with Crippen LogP contribution in [0.2, 0.25) is 0 Å². The molecule has 24 heavy (non-hydrogen) atoms. The van der Waals surface area contributed by atoms with E-state index in [0.29, 0.717) is 0 Å². The Bertz CT molecular complexity index is 384. The molecule has 0 atom stereocenters. The molecule has 0 radical (unpaired) electrons. The van der Waals surface area contributed by atoms with Gasteiger partial charge in [-0.05, 0) is 88.9 Å². The van der Waals surface area contributed by atoms with E-state index >= 15 is 0 Å². The second-order valence-corrected chi connectivity index (χ2v) is 8.24. The van der Waals surface area contributed by atoms with E-state index in [2.05, 4.69) is 50.3 Å². The van der Waals surface area contributed by atoms with Gasteiger partial charge in [0.1, 0.15) is 0 Å². The Morgan fingerprint density at radius 2 is 1.08 bits per heavy atom. The molecule has 0 saturated heterocycles. The van der Waals surface area contributed by atoms with Crippen molar-refractivity contribution >= 4 is 0 Å². The third kappa shape index (κ3) is 7.41. The number of rotatable bonds is 8. The smallest absolute Gasteiger partial charge is 0.0233 e. The van der Waals surface area contributed by atoms with Crippen LogP contribution in [0.5, 0.6) is 0 Å². The van der Waals surface area contributed by atoms with E-state index < -0.39 is 0 Å². The summed E-state index contributed by atoms with van der Waals surface area (Å²) in [5, 5.41) is 0. The highest BCUT2D eigenvalue weighted by atomic mass is 14.3. The summed E-state index contributed by atoms with van der Waals surface area (Å²) in [6.07, 6.45) is 31.3. The first-order chi connectivity index (χ1) is 11.8. The van der Waals surface area contributed by atoms with E-state index in [1.165, 1.54) is 77.0 Å². The lowest BCUT2D eigenvalue weighted by molar-refractivity contribution is 0.255. The molecule has 0 aromatic carbocycles. The van der Waals surface area contributed by atoms with Crippen molar-refractivity contribution in [1.82, 2.24) is 0 Å². The van der Waals surface area contributed by atoms with E-state index in [0.717, 1.165) is 23.7 Å². The van der Waals surface area contributed by atoms with Crippen molar-refractivity contribution in [2.45, 2.75) is 90.9 Å². The fourth-order valence-electron chi connectivity index (χ4n) is 4.73. The quantitative estimate of drug-likeness (QED) is 0.398. The molecule has 2 rings (SSSR count). The third-order valence-electron chi connectivity index (χ3n) is 6.37. The van der Waals surface area contributed by atoms with Crippen LogP contribution in [0.4, 0.5) is 0 Å². The molecular weight excluding hydrogens is 288 g/mol. The molecule has 2 aliphatic carbocycles. The first-order valence-corrected chi connectivity index (χ1v) is 10.7. The highest BCUT2D eigenvalue weighted by Gasteiger charge is 2.20. The molecule has 0 bridgehead atoms. The molecule has 0 aliphatic heterocycles. The maximum absolute atomic E-state index is 2.55. The maximum atomic E-state index is 2.55. The Kier molecular flexibility index (Phi) is 9.54. The Hall–Kier alpha value is -0.780. The predicted octanol–water partition coefficient (Wildman–Crippen LogP) is 7.87. The van der Waals surface area contributed by atoms with Gasteiger partial charge in [0.15, 0.2) is 0 Å². The Morgan fingerprint density at radius 1 is 0.583 bits per heavy atom. The van der Waals surface area contributed by atoms with Crippen LogP contribution in [-0.2, 0) is 0 Å². The molecule has 0 heteroatoms. The van der Waals surface area contributed by atoms with Gasteiger partial charge in [-0.1, -0.05) is 62.1 Å². The SMILES string of the molecule is C/C=C/CCC1CCC(CC/C=C/C2CCC(/C=C/C)CC2)CC1. The molecule has 2 aliphatic rings. The lowest BCUT2D eigenvalue weighted by atomic mass is 9.78. The van der Waals surface area contributed by atoms with E-state index in [9.17, 15) is 0 Å². The fourth-order valence-corrected chi connectivity index (χ4v) is 4.73. The second-order valence-electron chi connectivity index (χ2n) is 8.24. The van der Waals surface area contributed by atoms with Crippen LogP contribution in [0, 0.1) is 23.7 Å². The summed E-state index contributed by atoms with van der Waals surface area (Å²) in [7, 11) is 0. The minimum atomic E-state index is 0.864. The molecule has 0 aromatic rings. The number of hydrogen-bond donors (Lipinski definition) is 0. The summed E-state index contributed by atoms with van der Waals surface area (Å²) in [6, 6.07) is 0. The van der Waals surface area contributed by atoms with Gasteiger partial charge in [-0.25, -0.2) is 0 Å². The van der Waals surface area contributed by atoms with Gasteiger partial charge in [-0.15, -0.1) is 0 Å². The third-order valence-corrected chi connectivity index (χ3v) is 6.37. The summed E-state index contributed by atoms with van der Waals surface area (Å²) in [5.41, 5.74) is 0. The molecule has 0 aromatic heterocycles. The molecule has 0 unspecified atom stereocenters. The molecular formula is C24H40. The van der Waals surface area contributed by atoms with Crippen molar-refractivity contribution in [2.75, 3.05) is 0 Å². The molecule has 136 valence electrons. The zero-order chi connectivity index (χ0) is 17.0. The zero-order valence-electron chi connectivity index (χ0n) is 16.3. The number of allylic oxidation sites excluding steroid dienone is 6. The molecule has 0 heterocycles. The topological polar surface area (TPSA) is 0 Å². The van der Waals surface area contributed by atoms with E-state index in [4.69, 9.17) is 0 Å². The predicted molar refractivity (Wildman–Crippen MR) is 108 cm³/mol. The average Bonchev–Trinajstić information content (AvgIpc) is 2.62. The van der Waals surface area contributed by atoms with Gasteiger partial charge in [0.25, 0.3) is 0 Å². The van der Waals surface area contributed by atoms with E-state index in [1.54, 1.807) is 0 Å². The standard InChI is InChI=1S/C24H40/c1-3-5-6-10-22-17-19-24(20-18-22)12-8-7-11-23-15-13-21(9-4-2)14-16-23/h3-5,7,9,11,21-24H,6,8,10,12-20H2,1-2H3/b5-3+,9-4+,11-7+. The Labute approximate surface area is 151 Å². The molecule has 0 amide bonds. The highest BCUT2D eigenvalue weighted by Crippen LogP contribution is 2.34. The summed E-state index contributed by atoms with van der Waals surface area (Å²) in [6.45, 7) is 4.29. The van der Waals surface area contributed by atoms with Gasteiger partial charge < -0.3 is 0 Å². The van der Waals surface area contributed by atoms with Crippen LogP contribution in [0.25, 0.3) is 0 Å². The van der Waals surface area contributed by atoms with Crippen molar-refractivity contribution in [3.05, 3.63) is 36.5 Å². The summed E-state index contributed by atoms with van der Waals surface area (Å²) < 4.78 is 0. The van der Waals surface area contributed by atoms with Gasteiger partial charge in [0, 0.05) is 0 Å². The monoisotopic (exact) mass is 328 g/mol. The van der Waals surface area contributed by atoms with Crippen LogP contribution in [0.1, 0.15) is 90.9 Å². The van der Waals surface area contributed by atoms with Crippen molar-refractivity contribution in [1.29, 1.82) is 0 Å². The van der Waals surface area contributed by atoms with Crippen LogP contribution >= 0.6 is 0 Å². The van der Waals surface area contributed by atoms with E-state index in [1.807, 2.05) is 0 Å². The van der Waals surface area contributed by atoms with Gasteiger partial charge in [-0.3, -0.25) is 0 Å². The van der Waals surface area contributed by atoms with Crippen molar-refractivity contribution in [2.24, 2.45) is 23.7 Å². The van der Waals surface area contributed by atoms with Gasteiger partial charge in [-0.2, -0.15) is 0 Å². The highest BCUT2D eigenvalue weighted by molar-refractivity contribution is 4.95. The van der Waals surface area contributed by atoms with Crippen molar-refractivity contribution in [3.8, 4) is 0 Å². The summed E-state index contributed by atoms with van der Waals surface area (Å²) >= 11 is 0. The summed E-state index contributed by atoms with van der Waals surface area (Å²) in [5.74, 6) is 3.76. The molecule has 0 spiro atoms. The van der Waals surface area contributed by atoms with Crippen LogP contribution in [0.15, 0.2) is 36.5 Å². The average molecular weight is 329 g/mol. The summed E-state index contributed by atoms with van der Waals surface area (Å²) in [4.78, 5) is 0. The minimum absolute atomic E-state index is 0.864. The van der Waals surface area contributed by atoms with Gasteiger partial charge in [0.2, 0.25) is 0 Å². The zero-order valence-corrected chi connectivity index (χ0v) is 16.3. The molecule has 0 nitrogen and oxygen atoms in total. The molecule has 2 fully saturated rings. The largest absolute Gasteiger partial charge is 0.0917 e. The molecule has 0 N–H and O–H groups in total. The van der Waals surface area contributed by atoms with Crippen molar-refractivity contribution in [3.63, 3.8) is 0 Å². The Balaban J connectivity index is 1.54. The normalized spacial score (nSPS) is 32.2. The lowest BCUT2D eigenvalue weighted by Gasteiger charge is -2.28. The van der Waals surface area contributed by atoms with Crippen LogP contribution in [0.3, 0.4) is 0 Å². The number of hydrogen-bond acceptors (Lipinski definition) is 0. The van der Waals surface area contributed by atoms with Crippen molar-refractivity contribution < 1.29 is 0 Å². The first kappa shape index (κ1) is 19.5. The van der Waals surface area contributed by atoms with Gasteiger partial charge in [0.05, 0.1) is 0 Å². The second kappa shape index (κ2) is 11.7. The lowest BCUT2D eigenvalue weighted by Crippen LogP contribution is -2.14. The minimum Gasteiger partial charge on any atom is -0.0917 e. The van der Waals surface area contributed by atoms with Crippen LogP contribution in [-0.4, -0.2) is 0 Å². The maximum Gasteiger partial charge on any atom is -0.0233 e. The first-order valence-electron chi connectivity index (χ1n) is 10.7. The molecule has 2 saturated carbocycles.